The molecule has 0 aromatic heterocycles. The molecule has 0 saturated heterocycles. The van der Waals surface area contributed by atoms with Crippen molar-refractivity contribution < 1.29 is 19.5 Å². The summed E-state index contributed by atoms with van der Waals surface area (Å²) in [5.74, 6) is -0.540. The van der Waals surface area contributed by atoms with E-state index in [0.29, 0.717) is 25.9 Å². The minimum absolute atomic E-state index is 0.146. The number of hydrogen-bond acceptors (Lipinski definition) is 4. The van der Waals surface area contributed by atoms with Crippen LogP contribution in [0.25, 0.3) is 0 Å². The van der Waals surface area contributed by atoms with Gasteiger partial charge in [-0.2, -0.15) is 0 Å². The summed E-state index contributed by atoms with van der Waals surface area (Å²) in [5, 5.41) is 16.7. The van der Waals surface area contributed by atoms with Crippen LogP contribution in [0.5, 0.6) is 0 Å². The number of rotatable bonds is 34. The molecule has 0 aromatic rings. The van der Waals surface area contributed by atoms with Crippen LogP contribution in [0.2, 0.25) is 0 Å². The van der Waals surface area contributed by atoms with Crippen LogP contribution in [0.3, 0.4) is 0 Å². The van der Waals surface area contributed by atoms with E-state index in [1.165, 1.54) is 89.9 Å². The predicted octanol–water partition coefficient (Wildman–Crippen LogP) is 10.5. The average Bonchev–Trinajstić information content (AvgIpc) is 3.07. The highest BCUT2D eigenvalue weighted by Crippen LogP contribution is 2.09. The van der Waals surface area contributed by atoms with Gasteiger partial charge < -0.3 is 21.1 Å². The topological polar surface area (TPSA) is 108 Å². The van der Waals surface area contributed by atoms with Gasteiger partial charge in [-0.15, -0.1) is 0 Å². The van der Waals surface area contributed by atoms with Gasteiger partial charge in [-0.25, -0.2) is 0 Å². The second kappa shape index (κ2) is 43.4. The molecule has 7 heteroatoms. The molecule has 0 saturated carbocycles. The monoisotopic (exact) mass is 688 g/mol. The molecule has 2 amide bonds. The molecule has 49 heavy (non-hydrogen) atoms. The van der Waals surface area contributed by atoms with Crippen LogP contribution in [0.1, 0.15) is 175 Å². The van der Waals surface area contributed by atoms with E-state index in [4.69, 9.17) is 9.90 Å². The Kier molecular flexibility index (Phi) is 42.9. The fourth-order valence-electron chi connectivity index (χ4n) is 5.08. The zero-order valence-corrected chi connectivity index (χ0v) is 32.1. The molecule has 284 valence electrons. The maximum absolute atomic E-state index is 12.0. The van der Waals surface area contributed by atoms with Gasteiger partial charge in [0.05, 0.1) is 0 Å². The zero-order valence-electron chi connectivity index (χ0n) is 32.1. The molecule has 0 aromatic carbocycles. The van der Waals surface area contributed by atoms with Crippen molar-refractivity contribution in [3.8, 4) is 0 Å². The van der Waals surface area contributed by atoms with Crippen molar-refractivity contribution in [2.75, 3.05) is 26.2 Å². The van der Waals surface area contributed by atoms with Crippen molar-refractivity contribution in [2.45, 2.75) is 175 Å². The molecule has 0 rings (SSSR count). The van der Waals surface area contributed by atoms with Crippen molar-refractivity contribution in [1.29, 1.82) is 0 Å². The third-order valence-corrected chi connectivity index (χ3v) is 7.96. The maximum atomic E-state index is 12.0. The number of unbranched alkanes of at least 4 members (excludes halogenated alkanes) is 16. The SMILES string of the molecule is CC(=O)O.CCCCC/C=C/C/C=C/CCCCCCCC(=O)NCCNCCNC(=O)CCCCCCC/C=C/C/C=C/CCCCC. The summed E-state index contributed by atoms with van der Waals surface area (Å²) in [5.41, 5.74) is 0. The molecule has 0 fully saturated rings. The molecule has 0 atom stereocenters. The van der Waals surface area contributed by atoms with Crippen LogP contribution in [-0.4, -0.2) is 49.1 Å². The van der Waals surface area contributed by atoms with E-state index in [-0.39, 0.29) is 11.8 Å². The first-order chi connectivity index (χ1) is 23.9. The number of allylic oxidation sites excluding steroid dienone is 8. The molecule has 0 spiro atoms. The van der Waals surface area contributed by atoms with Crippen molar-refractivity contribution >= 4 is 17.8 Å². The Hall–Kier alpha value is -2.67. The van der Waals surface area contributed by atoms with Crippen molar-refractivity contribution in [2.24, 2.45) is 0 Å². The fourth-order valence-corrected chi connectivity index (χ4v) is 5.08. The van der Waals surface area contributed by atoms with Crippen LogP contribution in [0.4, 0.5) is 0 Å². The van der Waals surface area contributed by atoms with Crippen molar-refractivity contribution in [3.05, 3.63) is 48.6 Å². The van der Waals surface area contributed by atoms with Gasteiger partial charge in [-0.3, -0.25) is 14.4 Å². The van der Waals surface area contributed by atoms with Gasteiger partial charge >= 0.3 is 0 Å². The largest absolute Gasteiger partial charge is 0.481 e. The molecule has 0 bridgehead atoms. The first-order valence-corrected chi connectivity index (χ1v) is 20.0. The Balaban J connectivity index is 0. The Morgan fingerprint density at radius 2 is 0.755 bits per heavy atom. The summed E-state index contributed by atoms with van der Waals surface area (Å²) in [7, 11) is 0. The number of nitrogens with one attached hydrogen (secondary N) is 3. The Bertz CT molecular complexity index is 785. The Labute approximate surface area is 302 Å². The van der Waals surface area contributed by atoms with Gasteiger partial charge in [0, 0.05) is 45.9 Å². The molecule has 0 radical (unpaired) electrons. The van der Waals surface area contributed by atoms with E-state index in [2.05, 4.69) is 78.4 Å². The minimum atomic E-state index is -0.833. The quantitative estimate of drug-likeness (QED) is 0.0398. The highest BCUT2D eigenvalue weighted by molar-refractivity contribution is 5.76. The standard InChI is InChI=1S/C40H73N3O2.C2H4O2/c1-3-5-7-9-11-13-15-17-19-21-23-25-27-29-31-33-39(44)42-37-35-41-36-38-43-40(45)34-32-30-28-26-24-22-20-18-16-14-12-10-8-6-4-2;1-2(3)4/h11-14,17-20,41H,3-10,15-16,21-38H2,1-2H3,(H,42,44)(H,43,45);1H3,(H,3,4)/b13-11+,14-12+,19-17+,20-18+;. The van der Waals surface area contributed by atoms with Crippen LogP contribution in [-0.2, 0) is 14.4 Å². The molecule has 0 aliphatic rings. The van der Waals surface area contributed by atoms with E-state index >= 15 is 0 Å². The summed E-state index contributed by atoms with van der Waals surface area (Å²) < 4.78 is 0. The lowest BCUT2D eigenvalue weighted by molar-refractivity contribution is -0.134. The van der Waals surface area contributed by atoms with E-state index in [1.807, 2.05) is 0 Å². The van der Waals surface area contributed by atoms with Crippen LogP contribution < -0.4 is 16.0 Å². The molecule has 0 aliphatic heterocycles. The van der Waals surface area contributed by atoms with E-state index < -0.39 is 5.97 Å². The molecule has 0 unspecified atom stereocenters. The van der Waals surface area contributed by atoms with Gasteiger partial charge in [0.2, 0.25) is 11.8 Å². The second-order valence-electron chi connectivity index (χ2n) is 12.9. The third-order valence-electron chi connectivity index (χ3n) is 7.96. The first-order valence-electron chi connectivity index (χ1n) is 20.0. The fraction of sp³-hybridized carbons (Fsp3) is 0.738. The lowest BCUT2D eigenvalue weighted by atomic mass is 10.1. The van der Waals surface area contributed by atoms with Gasteiger partial charge in [-0.1, -0.05) is 127 Å². The molecule has 7 nitrogen and oxygen atoms in total. The smallest absolute Gasteiger partial charge is 0.300 e. The molecule has 0 heterocycles. The summed E-state index contributed by atoms with van der Waals surface area (Å²) in [6.45, 7) is 8.31. The predicted molar refractivity (Wildman–Crippen MR) is 211 cm³/mol. The summed E-state index contributed by atoms with van der Waals surface area (Å²) in [6.07, 6.45) is 46.0. The normalized spacial score (nSPS) is 11.5. The Morgan fingerprint density at radius 3 is 1.10 bits per heavy atom. The van der Waals surface area contributed by atoms with Crippen molar-refractivity contribution in [3.63, 3.8) is 0 Å². The van der Waals surface area contributed by atoms with Gasteiger partial charge in [0.25, 0.3) is 5.97 Å². The highest BCUT2D eigenvalue weighted by Gasteiger charge is 2.02. The number of carbonyl (C=O) groups excluding carboxylic acids is 2. The highest BCUT2D eigenvalue weighted by atomic mass is 16.4. The van der Waals surface area contributed by atoms with Crippen LogP contribution in [0, 0.1) is 0 Å². The lowest BCUT2D eigenvalue weighted by Crippen LogP contribution is -2.36. The van der Waals surface area contributed by atoms with E-state index in [0.717, 1.165) is 71.4 Å². The van der Waals surface area contributed by atoms with Crippen LogP contribution >= 0.6 is 0 Å². The number of amides is 2. The number of aliphatic carboxylic acids is 1. The molecule has 0 aliphatic carbocycles. The summed E-state index contributed by atoms with van der Waals surface area (Å²) in [4.78, 5) is 33.0. The van der Waals surface area contributed by atoms with Gasteiger partial charge in [0.1, 0.15) is 0 Å². The van der Waals surface area contributed by atoms with E-state index in [1.54, 1.807) is 0 Å². The van der Waals surface area contributed by atoms with Gasteiger partial charge in [-0.05, 0) is 77.0 Å². The number of hydrogen-bond donors (Lipinski definition) is 4. The van der Waals surface area contributed by atoms with Crippen molar-refractivity contribution in [1.82, 2.24) is 16.0 Å². The lowest BCUT2D eigenvalue weighted by Gasteiger charge is -2.08. The summed E-state index contributed by atoms with van der Waals surface area (Å²) >= 11 is 0. The minimum Gasteiger partial charge on any atom is -0.481 e. The van der Waals surface area contributed by atoms with Crippen LogP contribution in [0.15, 0.2) is 48.6 Å². The zero-order chi connectivity index (χ0) is 36.3. The maximum Gasteiger partial charge on any atom is 0.300 e. The van der Waals surface area contributed by atoms with Gasteiger partial charge in [0.15, 0.2) is 0 Å². The summed E-state index contributed by atoms with van der Waals surface area (Å²) in [6, 6.07) is 0. The first kappa shape index (κ1) is 48.4. The molecular weight excluding hydrogens is 610 g/mol. The number of carboxylic acid groups (broad SMARTS) is 1. The molecule has 4 N–H and O–H groups in total. The molecular formula is C42H77N3O4. The second-order valence-corrected chi connectivity index (χ2v) is 12.9. The van der Waals surface area contributed by atoms with E-state index in [9.17, 15) is 9.59 Å². The Morgan fingerprint density at radius 1 is 0.449 bits per heavy atom. The third kappa shape index (κ3) is 49.8. The number of carboxylic acids is 1. The number of carbonyl (C=O) groups is 3. The average molecular weight is 688 g/mol.